The summed E-state index contributed by atoms with van der Waals surface area (Å²) in [5.74, 6) is 0.167. The van der Waals surface area contributed by atoms with Gasteiger partial charge in [-0.25, -0.2) is 13.1 Å². The molecule has 12 heteroatoms. The normalized spacial score (nSPS) is 15.6. The second-order valence-corrected chi connectivity index (χ2v) is 14.0. The van der Waals surface area contributed by atoms with Crippen LogP contribution in [0.2, 0.25) is 0 Å². The Bertz CT molecular complexity index is 1970. The van der Waals surface area contributed by atoms with E-state index in [2.05, 4.69) is 24.9 Å². The number of aromatic nitrogens is 2. The Kier molecular flexibility index (Phi) is 8.87. The van der Waals surface area contributed by atoms with Gasteiger partial charge in [0.2, 0.25) is 10.0 Å². The van der Waals surface area contributed by atoms with Gasteiger partial charge in [0.1, 0.15) is 10.6 Å². The lowest BCUT2D eigenvalue weighted by atomic mass is 10.1. The highest BCUT2D eigenvalue weighted by atomic mass is 32.2. The molecule has 3 aromatic carbocycles. The van der Waals surface area contributed by atoms with Gasteiger partial charge < -0.3 is 14.4 Å². The maximum atomic E-state index is 13.7. The monoisotopic (exact) mass is 631 g/mol. The van der Waals surface area contributed by atoms with Crippen molar-refractivity contribution in [2.24, 2.45) is 0 Å². The first-order valence-corrected chi connectivity index (χ1v) is 17.3. The van der Waals surface area contributed by atoms with Crippen molar-refractivity contribution in [3.05, 3.63) is 103 Å². The van der Waals surface area contributed by atoms with E-state index in [9.17, 15) is 16.8 Å². The summed E-state index contributed by atoms with van der Waals surface area (Å²) in [6.07, 6.45) is 7.76. The molecule has 5 aromatic rings. The zero-order valence-electron chi connectivity index (χ0n) is 24.0. The zero-order chi connectivity index (χ0) is 30.6. The second-order valence-electron chi connectivity index (χ2n) is 10.8. The molecule has 1 aliphatic rings. The number of sulfonamides is 1. The van der Waals surface area contributed by atoms with Crippen LogP contribution in [0.15, 0.2) is 107 Å². The number of fused-ring (bicyclic) bond motifs is 2. The van der Waals surface area contributed by atoms with Crippen LogP contribution in [0, 0.1) is 0 Å². The van der Waals surface area contributed by atoms with Gasteiger partial charge in [-0.3, -0.25) is 9.97 Å². The van der Waals surface area contributed by atoms with E-state index in [0.29, 0.717) is 29.1 Å². The largest absolute Gasteiger partial charge is 0.379 e. The average Bonchev–Trinajstić information content (AvgIpc) is 3.29. The van der Waals surface area contributed by atoms with Crippen LogP contribution in [0.3, 0.4) is 0 Å². The third-order valence-corrected chi connectivity index (χ3v) is 10.6. The van der Waals surface area contributed by atoms with Gasteiger partial charge in [0, 0.05) is 72.0 Å². The van der Waals surface area contributed by atoms with Gasteiger partial charge in [-0.15, -0.1) is 0 Å². The van der Waals surface area contributed by atoms with Crippen LogP contribution in [-0.4, -0.2) is 70.5 Å². The molecule has 3 heterocycles. The molecule has 0 radical (unpaired) electrons. The van der Waals surface area contributed by atoms with Crippen molar-refractivity contribution in [1.29, 1.82) is 0 Å². The lowest BCUT2D eigenvalue weighted by Gasteiger charge is -2.27. The fraction of sp³-hybridized carbons (Fsp3) is 0.250. The maximum absolute atomic E-state index is 13.7. The van der Waals surface area contributed by atoms with Crippen LogP contribution >= 0.6 is 0 Å². The summed E-state index contributed by atoms with van der Waals surface area (Å²) in [6.45, 7) is 3.96. The summed E-state index contributed by atoms with van der Waals surface area (Å²) >= 11 is 0. The van der Waals surface area contributed by atoms with Crippen LogP contribution in [0.1, 0.15) is 12.0 Å². The van der Waals surface area contributed by atoms with Crippen molar-refractivity contribution < 1.29 is 21.0 Å². The number of hydrogen-bond acceptors (Lipinski definition) is 9. The molecule has 0 amide bonds. The average molecular weight is 632 g/mol. The summed E-state index contributed by atoms with van der Waals surface area (Å²) in [6, 6.07) is 19.8. The van der Waals surface area contributed by atoms with Gasteiger partial charge in [0.25, 0.3) is 0 Å². The van der Waals surface area contributed by atoms with E-state index < -0.39 is 26.2 Å². The minimum absolute atomic E-state index is 0.0621. The molecular formula is C32H33N5O5S2. The molecule has 2 N–H and O–H groups in total. The Morgan fingerprint density at radius 3 is 2.16 bits per heavy atom. The van der Waals surface area contributed by atoms with Crippen molar-refractivity contribution in [1.82, 2.24) is 24.9 Å². The minimum Gasteiger partial charge on any atom is -0.379 e. The molecule has 0 spiro atoms. The molecule has 1 atom stereocenters. The van der Waals surface area contributed by atoms with E-state index >= 15 is 0 Å². The topological polar surface area (TPSA) is 131 Å². The number of hydrogen-bond donors (Lipinski definition) is 2. The van der Waals surface area contributed by atoms with Gasteiger partial charge >= 0.3 is 10.1 Å². The van der Waals surface area contributed by atoms with Gasteiger partial charge in [0.15, 0.2) is 0 Å². The van der Waals surface area contributed by atoms with Crippen LogP contribution in [0.5, 0.6) is 5.75 Å². The molecule has 0 aliphatic carbocycles. The predicted octanol–water partition coefficient (Wildman–Crippen LogP) is 3.74. The third-order valence-electron chi connectivity index (χ3n) is 7.68. The second kappa shape index (κ2) is 13.0. The van der Waals surface area contributed by atoms with Crippen molar-refractivity contribution in [3.8, 4) is 5.75 Å². The Labute approximate surface area is 257 Å². The highest BCUT2D eigenvalue weighted by molar-refractivity contribution is 7.89. The van der Waals surface area contributed by atoms with E-state index in [0.717, 1.165) is 43.5 Å². The van der Waals surface area contributed by atoms with Crippen LogP contribution in [0.25, 0.3) is 21.5 Å². The van der Waals surface area contributed by atoms with Gasteiger partial charge in [-0.05, 0) is 67.9 Å². The molecule has 1 fully saturated rings. The molecule has 1 unspecified atom stereocenters. The SMILES string of the molecule is O=S(=O)(NC(Cc1ccc(OS(=O)(=O)c2cccc3cnccc23)cc1)CN1CCCNCC1)c1cccc2cnccc12. The molecule has 0 saturated carbocycles. The van der Waals surface area contributed by atoms with Crippen LogP contribution in [-0.2, 0) is 26.6 Å². The van der Waals surface area contributed by atoms with E-state index in [1.54, 1.807) is 85.5 Å². The predicted molar refractivity (Wildman–Crippen MR) is 169 cm³/mol. The van der Waals surface area contributed by atoms with Gasteiger partial charge in [0.05, 0.1) is 4.90 Å². The third kappa shape index (κ3) is 6.90. The summed E-state index contributed by atoms with van der Waals surface area (Å²) in [4.78, 5) is 10.7. The number of rotatable bonds is 10. The molecule has 44 heavy (non-hydrogen) atoms. The summed E-state index contributed by atoms with van der Waals surface area (Å²) in [5.41, 5.74) is 0.841. The number of nitrogens with zero attached hydrogens (tertiary/aromatic N) is 3. The molecule has 2 aromatic heterocycles. The van der Waals surface area contributed by atoms with Crippen molar-refractivity contribution in [2.45, 2.75) is 28.7 Å². The Hall–Kier alpha value is -3.94. The molecule has 10 nitrogen and oxygen atoms in total. The van der Waals surface area contributed by atoms with Gasteiger partial charge in [-0.1, -0.05) is 36.4 Å². The lowest BCUT2D eigenvalue weighted by Crippen LogP contribution is -2.46. The van der Waals surface area contributed by atoms with E-state index in [-0.39, 0.29) is 15.5 Å². The quantitative estimate of drug-likeness (QED) is 0.222. The van der Waals surface area contributed by atoms with E-state index in [1.807, 2.05) is 6.07 Å². The Balaban J connectivity index is 1.23. The first-order chi connectivity index (χ1) is 21.3. The number of pyridine rings is 2. The fourth-order valence-corrected chi connectivity index (χ4v) is 8.21. The maximum Gasteiger partial charge on any atom is 0.339 e. The zero-order valence-corrected chi connectivity index (χ0v) is 25.6. The molecule has 1 aliphatic heterocycles. The van der Waals surface area contributed by atoms with Crippen LogP contribution < -0.4 is 14.2 Å². The lowest BCUT2D eigenvalue weighted by molar-refractivity contribution is 0.265. The van der Waals surface area contributed by atoms with Gasteiger partial charge in [-0.2, -0.15) is 8.42 Å². The van der Waals surface area contributed by atoms with E-state index in [1.165, 1.54) is 6.07 Å². The highest BCUT2D eigenvalue weighted by Gasteiger charge is 2.25. The fourth-order valence-electron chi connectivity index (χ4n) is 5.60. The summed E-state index contributed by atoms with van der Waals surface area (Å²) < 4.78 is 62.3. The number of benzene rings is 3. The molecule has 1 saturated heterocycles. The van der Waals surface area contributed by atoms with Crippen molar-refractivity contribution >= 4 is 41.7 Å². The first-order valence-electron chi connectivity index (χ1n) is 14.4. The van der Waals surface area contributed by atoms with Crippen LogP contribution in [0.4, 0.5) is 0 Å². The smallest absolute Gasteiger partial charge is 0.339 e. The summed E-state index contributed by atoms with van der Waals surface area (Å²) in [5, 5.41) is 5.97. The number of nitrogens with one attached hydrogen (secondary N) is 2. The first kappa shape index (κ1) is 30.1. The standard InChI is InChI=1S/C32H33N5O5S2/c38-43(39,31-6-1-4-25-21-34-15-12-29(25)31)36-27(23-37-18-3-14-33-17-19-37)20-24-8-10-28(11-9-24)42-44(40,41)32-7-2-5-26-22-35-16-13-30(26)32/h1-2,4-13,15-16,21-22,27,33,36H,3,14,17-20,23H2. The van der Waals surface area contributed by atoms with E-state index in [4.69, 9.17) is 4.18 Å². The molecule has 0 bridgehead atoms. The summed E-state index contributed by atoms with van der Waals surface area (Å²) in [7, 11) is -7.98. The van der Waals surface area contributed by atoms with Crippen molar-refractivity contribution in [2.75, 3.05) is 32.7 Å². The minimum atomic E-state index is -4.11. The molecular weight excluding hydrogens is 599 g/mol. The molecule has 228 valence electrons. The molecule has 6 rings (SSSR count). The Morgan fingerprint density at radius 2 is 1.45 bits per heavy atom. The Morgan fingerprint density at radius 1 is 0.795 bits per heavy atom. The highest BCUT2D eigenvalue weighted by Crippen LogP contribution is 2.27. The van der Waals surface area contributed by atoms with Crippen molar-refractivity contribution in [3.63, 3.8) is 0 Å².